The van der Waals surface area contributed by atoms with Crippen LogP contribution in [0.3, 0.4) is 0 Å². The molecule has 0 saturated heterocycles. The molecule has 6 heteroatoms. The van der Waals surface area contributed by atoms with Gasteiger partial charge >= 0.3 is 0 Å². The molecule has 0 spiro atoms. The number of hydrogen-bond donors (Lipinski definition) is 0. The van der Waals surface area contributed by atoms with Gasteiger partial charge in [-0.1, -0.05) is 25.5 Å². The van der Waals surface area contributed by atoms with E-state index in [0.717, 1.165) is 24.4 Å². The summed E-state index contributed by atoms with van der Waals surface area (Å²) in [5.41, 5.74) is 2.55. The summed E-state index contributed by atoms with van der Waals surface area (Å²) in [5.74, 6) is 3.19. The van der Waals surface area contributed by atoms with E-state index in [1.807, 2.05) is 0 Å². The van der Waals surface area contributed by atoms with Crippen LogP contribution >= 0.6 is 0 Å². The lowest BCUT2D eigenvalue weighted by atomic mass is 9.47. The van der Waals surface area contributed by atoms with Crippen molar-refractivity contribution in [3.8, 4) is 0 Å². The first kappa shape index (κ1) is 29.3. The first-order valence-electron chi connectivity index (χ1n) is 15.1. The molecule has 0 N–H and O–H groups in total. The largest absolute Gasteiger partial charge is 0.415 e. The Kier molecular flexibility index (Phi) is 8.15. The summed E-state index contributed by atoms with van der Waals surface area (Å²) in [6.45, 7) is 27.2. The smallest absolute Gasteiger partial charge is 0.184 e. The highest BCUT2D eigenvalue weighted by Gasteiger charge is 2.60. The van der Waals surface area contributed by atoms with Crippen LogP contribution in [0.15, 0.2) is 11.6 Å². The zero-order chi connectivity index (χ0) is 26.7. The molecule has 0 bridgehead atoms. The van der Waals surface area contributed by atoms with Crippen molar-refractivity contribution in [3.63, 3.8) is 0 Å². The maximum Gasteiger partial charge on any atom is 0.184 e. The molecule has 0 radical (unpaired) electrons. The van der Waals surface area contributed by atoms with Gasteiger partial charge < -0.3 is 13.3 Å². The molecular formula is C30H58O3Si3. The van der Waals surface area contributed by atoms with Crippen molar-refractivity contribution in [2.45, 2.75) is 136 Å². The Morgan fingerprint density at radius 2 is 1.53 bits per heavy atom. The lowest BCUT2D eigenvalue weighted by Crippen LogP contribution is -2.53. The summed E-state index contributed by atoms with van der Waals surface area (Å²) < 4.78 is 20.1. The summed E-state index contributed by atoms with van der Waals surface area (Å²) in [6, 6.07) is 0. The Bertz CT molecular complexity index is 823. The first-order valence-corrected chi connectivity index (χ1v) is 25.3. The van der Waals surface area contributed by atoms with E-state index in [1.165, 1.54) is 51.4 Å². The zero-order valence-electron chi connectivity index (χ0n) is 25.6. The fraction of sp³-hybridized carbons (Fsp3) is 0.933. The number of allylic oxidation sites excluding steroid dienone is 1. The second-order valence-corrected chi connectivity index (χ2v) is 29.7. The van der Waals surface area contributed by atoms with E-state index in [4.69, 9.17) is 13.3 Å². The van der Waals surface area contributed by atoms with Gasteiger partial charge in [-0.05, 0) is 145 Å². The van der Waals surface area contributed by atoms with Gasteiger partial charge in [-0.25, -0.2) is 0 Å². The average molecular weight is 551 g/mol. The SMILES string of the molecule is C[C@]12CCC(O[Si](C)(C)C)CC1=CCC1C2CC[C@@]2(C)C1CC[C@@H]2C(CO[Si](C)(C)C)O[Si](C)(C)C. The van der Waals surface area contributed by atoms with Crippen molar-refractivity contribution >= 4 is 25.0 Å². The molecule has 0 aromatic rings. The van der Waals surface area contributed by atoms with E-state index in [0.29, 0.717) is 22.9 Å². The third kappa shape index (κ3) is 6.19. The molecule has 4 aliphatic rings. The summed E-state index contributed by atoms with van der Waals surface area (Å²) in [4.78, 5) is 0. The van der Waals surface area contributed by atoms with Crippen molar-refractivity contribution in [1.82, 2.24) is 0 Å². The molecule has 3 nitrogen and oxygen atoms in total. The van der Waals surface area contributed by atoms with Crippen molar-refractivity contribution in [2.75, 3.05) is 6.61 Å². The minimum Gasteiger partial charge on any atom is -0.415 e. The van der Waals surface area contributed by atoms with Crippen molar-refractivity contribution < 1.29 is 13.3 Å². The fourth-order valence-corrected chi connectivity index (χ4v) is 11.9. The average Bonchev–Trinajstić information content (AvgIpc) is 3.06. The van der Waals surface area contributed by atoms with Crippen LogP contribution in [0.1, 0.15) is 65.2 Å². The van der Waals surface area contributed by atoms with Crippen molar-refractivity contribution in [1.29, 1.82) is 0 Å². The van der Waals surface area contributed by atoms with E-state index in [-0.39, 0.29) is 6.10 Å². The fourth-order valence-electron chi connectivity index (χ4n) is 8.90. The molecule has 0 aromatic carbocycles. The second kappa shape index (κ2) is 10.0. The molecule has 0 heterocycles. The van der Waals surface area contributed by atoms with Gasteiger partial charge in [0.05, 0.1) is 12.7 Å². The Hall–Kier alpha value is 0.271. The lowest BCUT2D eigenvalue weighted by molar-refractivity contribution is -0.0726. The molecule has 3 saturated carbocycles. The van der Waals surface area contributed by atoms with Crippen LogP contribution in [0, 0.1) is 34.5 Å². The summed E-state index contributed by atoms with van der Waals surface area (Å²) in [5, 5.41) is 0. The normalized spacial score (nSPS) is 40.2. The third-order valence-electron chi connectivity index (χ3n) is 10.3. The Labute approximate surface area is 226 Å². The zero-order valence-corrected chi connectivity index (χ0v) is 28.6. The monoisotopic (exact) mass is 550 g/mol. The molecule has 4 rings (SSSR count). The standard InChI is InChI=1S/C30H58O3Si3/c1-29-18-16-23(32-35(6,7)8)20-22(29)12-13-24-25-14-15-27(30(25,2)19-17-26(24)29)28(33-36(9,10)11)21-31-34(3,4)5/h12,23-28H,13-21H2,1-11H3/t23?,24?,25?,26?,27-,28?,29+,30+/m1/s1. The Morgan fingerprint density at radius 3 is 2.14 bits per heavy atom. The van der Waals surface area contributed by atoms with Gasteiger partial charge in [-0.3, -0.25) is 0 Å². The predicted octanol–water partition coefficient (Wildman–Crippen LogP) is 8.86. The maximum atomic E-state index is 6.94. The van der Waals surface area contributed by atoms with Crippen LogP contribution in [-0.2, 0) is 13.3 Å². The number of fused-ring (bicyclic) bond motifs is 5. The molecule has 208 valence electrons. The van der Waals surface area contributed by atoms with Crippen LogP contribution in [0.5, 0.6) is 0 Å². The van der Waals surface area contributed by atoms with Crippen LogP contribution < -0.4 is 0 Å². The molecule has 36 heavy (non-hydrogen) atoms. The molecule has 5 unspecified atom stereocenters. The van der Waals surface area contributed by atoms with Gasteiger partial charge in [-0.2, -0.15) is 0 Å². The number of hydrogen-bond acceptors (Lipinski definition) is 3. The molecular weight excluding hydrogens is 493 g/mol. The van der Waals surface area contributed by atoms with E-state index in [2.05, 4.69) is 78.8 Å². The van der Waals surface area contributed by atoms with Crippen molar-refractivity contribution in [2.24, 2.45) is 34.5 Å². The second-order valence-electron chi connectivity index (χ2n) is 16.3. The van der Waals surface area contributed by atoms with Gasteiger partial charge in [0.25, 0.3) is 0 Å². The summed E-state index contributed by atoms with van der Waals surface area (Å²) >= 11 is 0. The quantitative estimate of drug-likeness (QED) is 0.223. The van der Waals surface area contributed by atoms with Crippen LogP contribution in [0.25, 0.3) is 0 Å². The molecule has 0 aromatic heterocycles. The maximum absolute atomic E-state index is 6.94. The topological polar surface area (TPSA) is 27.7 Å². The summed E-state index contributed by atoms with van der Waals surface area (Å²) in [7, 11) is -4.71. The van der Waals surface area contributed by atoms with Crippen LogP contribution in [0.2, 0.25) is 58.9 Å². The highest BCUT2D eigenvalue weighted by Crippen LogP contribution is 2.67. The van der Waals surface area contributed by atoms with Gasteiger partial charge in [0.1, 0.15) is 0 Å². The highest BCUT2D eigenvalue weighted by atomic mass is 28.4. The van der Waals surface area contributed by atoms with Gasteiger partial charge in [0, 0.05) is 6.10 Å². The minimum absolute atomic E-state index is 0.273. The number of rotatable bonds is 8. The highest BCUT2D eigenvalue weighted by molar-refractivity contribution is 6.70. The van der Waals surface area contributed by atoms with E-state index >= 15 is 0 Å². The lowest BCUT2D eigenvalue weighted by Gasteiger charge is -2.59. The predicted molar refractivity (Wildman–Crippen MR) is 161 cm³/mol. The molecule has 0 aliphatic heterocycles. The van der Waals surface area contributed by atoms with Crippen LogP contribution in [0.4, 0.5) is 0 Å². The molecule has 0 amide bonds. The minimum atomic E-state index is -1.65. The van der Waals surface area contributed by atoms with Gasteiger partial charge in [-0.15, -0.1) is 0 Å². The van der Waals surface area contributed by atoms with E-state index < -0.39 is 25.0 Å². The van der Waals surface area contributed by atoms with Gasteiger partial charge in [0.2, 0.25) is 0 Å². The van der Waals surface area contributed by atoms with Crippen molar-refractivity contribution in [3.05, 3.63) is 11.6 Å². The Balaban J connectivity index is 1.53. The summed E-state index contributed by atoms with van der Waals surface area (Å²) in [6.07, 6.45) is 14.0. The third-order valence-corrected chi connectivity index (χ3v) is 13.4. The van der Waals surface area contributed by atoms with Crippen LogP contribution in [-0.4, -0.2) is 43.8 Å². The molecule has 4 aliphatic carbocycles. The van der Waals surface area contributed by atoms with E-state index in [9.17, 15) is 0 Å². The van der Waals surface area contributed by atoms with Gasteiger partial charge in [0.15, 0.2) is 25.0 Å². The Morgan fingerprint density at radius 1 is 0.833 bits per heavy atom. The molecule has 8 atom stereocenters. The molecule has 3 fully saturated rings. The van der Waals surface area contributed by atoms with E-state index in [1.54, 1.807) is 5.57 Å². The first-order chi connectivity index (χ1) is 16.4.